The maximum atomic E-state index is 10.4. The molecular formula is C22H39N5O2. The number of hydrogen-bond donors (Lipinski definition) is 2. The number of nitrogen functional groups attached to an aromatic ring is 1. The van der Waals surface area contributed by atoms with Crippen molar-refractivity contribution in [1.82, 2.24) is 19.4 Å². The topological polar surface area (TPSA) is 89.4 Å². The van der Waals surface area contributed by atoms with Gasteiger partial charge in [-0.05, 0) is 54.5 Å². The highest BCUT2D eigenvalue weighted by atomic mass is 16.5. The fraction of sp³-hybridized carbons (Fsp3) is 0.727. The molecule has 0 fully saturated rings. The van der Waals surface area contributed by atoms with Crippen LogP contribution in [-0.2, 0) is 13.0 Å². The minimum Gasteiger partial charge on any atom is -0.478 e. The molecule has 0 bridgehead atoms. The van der Waals surface area contributed by atoms with E-state index < -0.39 is 5.60 Å². The highest BCUT2D eigenvalue weighted by Crippen LogP contribution is 2.27. The van der Waals surface area contributed by atoms with E-state index in [0.29, 0.717) is 30.4 Å². The van der Waals surface area contributed by atoms with E-state index in [-0.39, 0.29) is 5.54 Å². The molecular weight excluding hydrogens is 366 g/mol. The average molecular weight is 406 g/mol. The summed E-state index contributed by atoms with van der Waals surface area (Å²) in [5.74, 6) is 1.81. The summed E-state index contributed by atoms with van der Waals surface area (Å²) in [5.41, 5.74) is 7.04. The summed E-state index contributed by atoms with van der Waals surface area (Å²) in [4.78, 5) is 11.4. The molecule has 7 heteroatoms. The van der Waals surface area contributed by atoms with E-state index in [1.165, 1.54) is 0 Å². The van der Waals surface area contributed by atoms with Crippen LogP contribution in [-0.4, -0.2) is 55.9 Å². The van der Waals surface area contributed by atoms with Gasteiger partial charge in [0.2, 0.25) is 5.88 Å². The van der Waals surface area contributed by atoms with Crippen molar-refractivity contribution in [3.8, 4) is 5.88 Å². The molecule has 3 N–H and O–H groups in total. The first kappa shape index (κ1) is 23.4. The van der Waals surface area contributed by atoms with Gasteiger partial charge in [-0.1, -0.05) is 13.3 Å². The van der Waals surface area contributed by atoms with Gasteiger partial charge in [0.05, 0.1) is 24.3 Å². The predicted molar refractivity (Wildman–Crippen MR) is 119 cm³/mol. The summed E-state index contributed by atoms with van der Waals surface area (Å²) in [5, 5.41) is 10.4. The molecule has 0 amide bonds. The molecule has 0 spiro atoms. The van der Waals surface area contributed by atoms with Crippen LogP contribution in [0.2, 0.25) is 0 Å². The number of pyridine rings is 1. The Labute approximate surface area is 175 Å². The van der Waals surface area contributed by atoms with Gasteiger partial charge in [0.25, 0.3) is 0 Å². The van der Waals surface area contributed by atoms with Gasteiger partial charge in [-0.25, -0.2) is 4.98 Å². The van der Waals surface area contributed by atoms with Gasteiger partial charge in [-0.3, -0.25) is 0 Å². The molecule has 0 saturated heterocycles. The second-order valence-corrected chi connectivity index (χ2v) is 9.54. The SMILES string of the molecule is CCCCc1nc2c(N)nc(OCCCN(C)C(C)(C)C)cc2n1CC(C)(C)O. The molecule has 0 aliphatic rings. The zero-order valence-corrected chi connectivity index (χ0v) is 19.2. The number of rotatable bonds is 10. The monoisotopic (exact) mass is 405 g/mol. The summed E-state index contributed by atoms with van der Waals surface area (Å²) in [7, 11) is 2.12. The molecule has 2 heterocycles. The third-order valence-electron chi connectivity index (χ3n) is 5.15. The zero-order valence-electron chi connectivity index (χ0n) is 19.2. The first-order valence-corrected chi connectivity index (χ1v) is 10.6. The van der Waals surface area contributed by atoms with Gasteiger partial charge >= 0.3 is 0 Å². The van der Waals surface area contributed by atoms with Crippen molar-refractivity contribution in [2.45, 2.75) is 84.9 Å². The van der Waals surface area contributed by atoms with Gasteiger partial charge in [0.15, 0.2) is 5.82 Å². The van der Waals surface area contributed by atoms with Crippen LogP contribution in [0.5, 0.6) is 5.88 Å². The molecule has 2 aromatic rings. The Morgan fingerprint density at radius 1 is 1.17 bits per heavy atom. The van der Waals surface area contributed by atoms with Gasteiger partial charge in [-0.2, -0.15) is 4.98 Å². The van der Waals surface area contributed by atoms with Gasteiger partial charge in [0.1, 0.15) is 11.3 Å². The number of nitrogens with zero attached hydrogens (tertiary/aromatic N) is 4. The molecule has 164 valence electrons. The van der Waals surface area contributed by atoms with Crippen molar-refractivity contribution in [1.29, 1.82) is 0 Å². The van der Waals surface area contributed by atoms with Crippen LogP contribution < -0.4 is 10.5 Å². The van der Waals surface area contributed by atoms with E-state index in [4.69, 9.17) is 15.5 Å². The summed E-state index contributed by atoms with van der Waals surface area (Å²) >= 11 is 0. The molecule has 2 aromatic heterocycles. The maximum absolute atomic E-state index is 10.4. The molecule has 7 nitrogen and oxygen atoms in total. The summed E-state index contributed by atoms with van der Waals surface area (Å²) < 4.78 is 7.97. The molecule has 0 aliphatic carbocycles. The minimum atomic E-state index is -0.856. The Balaban J connectivity index is 2.22. The second kappa shape index (κ2) is 9.30. The Bertz CT molecular complexity index is 802. The normalized spacial score (nSPS) is 12.9. The number of aryl methyl sites for hydroxylation is 1. The van der Waals surface area contributed by atoms with Crippen molar-refractivity contribution < 1.29 is 9.84 Å². The molecule has 0 radical (unpaired) electrons. The van der Waals surface area contributed by atoms with Crippen LogP contribution >= 0.6 is 0 Å². The lowest BCUT2D eigenvalue weighted by Gasteiger charge is -2.31. The third kappa shape index (κ3) is 6.57. The molecule has 0 aliphatic heterocycles. The Morgan fingerprint density at radius 3 is 2.45 bits per heavy atom. The predicted octanol–water partition coefficient (Wildman–Crippen LogP) is 3.63. The van der Waals surface area contributed by atoms with Crippen LogP contribution in [0.3, 0.4) is 0 Å². The average Bonchev–Trinajstić information content (AvgIpc) is 2.92. The van der Waals surface area contributed by atoms with Crippen molar-refractivity contribution in [3.05, 3.63) is 11.9 Å². The number of nitrogens with two attached hydrogens (primary N) is 1. The summed E-state index contributed by atoms with van der Waals surface area (Å²) in [6.07, 6.45) is 3.86. The molecule has 0 unspecified atom stereocenters. The fourth-order valence-corrected chi connectivity index (χ4v) is 3.15. The Hall–Kier alpha value is -1.86. The second-order valence-electron chi connectivity index (χ2n) is 9.54. The molecule has 29 heavy (non-hydrogen) atoms. The smallest absolute Gasteiger partial charge is 0.217 e. The van der Waals surface area contributed by atoms with Crippen molar-refractivity contribution in [3.63, 3.8) is 0 Å². The number of imidazole rings is 1. The van der Waals surface area contributed by atoms with Crippen molar-refractivity contribution >= 4 is 16.9 Å². The first-order chi connectivity index (χ1) is 13.4. The van der Waals surface area contributed by atoms with Gasteiger partial charge in [0, 0.05) is 24.6 Å². The van der Waals surface area contributed by atoms with Crippen molar-refractivity contribution in [2.24, 2.45) is 0 Å². The fourth-order valence-electron chi connectivity index (χ4n) is 3.15. The van der Waals surface area contributed by atoms with Gasteiger partial charge in [-0.15, -0.1) is 0 Å². The van der Waals surface area contributed by atoms with E-state index in [2.05, 4.69) is 49.2 Å². The lowest BCUT2D eigenvalue weighted by atomic mass is 10.1. The van der Waals surface area contributed by atoms with E-state index in [9.17, 15) is 5.11 Å². The number of aromatic nitrogens is 3. The number of anilines is 1. The zero-order chi connectivity index (χ0) is 21.8. The van der Waals surface area contributed by atoms with E-state index in [1.807, 2.05) is 6.07 Å². The number of unbranched alkanes of at least 4 members (excludes halogenated alkanes) is 1. The van der Waals surface area contributed by atoms with E-state index >= 15 is 0 Å². The van der Waals surface area contributed by atoms with Crippen LogP contribution in [0.15, 0.2) is 6.07 Å². The number of ether oxygens (including phenoxy) is 1. The standard InChI is InChI=1S/C22H39N5O2/c1-8-9-11-17-24-19-16(27(17)15-22(5,6)28)14-18(25-20(19)23)29-13-10-12-26(7)21(2,3)4/h14,28H,8-13,15H2,1-7H3,(H2,23,25). The van der Waals surface area contributed by atoms with Crippen LogP contribution in [0.1, 0.15) is 66.6 Å². The maximum Gasteiger partial charge on any atom is 0.217 e. The Kier molecular flexibility index (Phi) is 7.51. The number of aliphatic hydroxyl groups is 1. The number of hydrogen-bond acceptors (Lipinski definition) is 6. The molecule has 0 aromatic carbocycles. The largest absolute Gasteiger partial charge is 0.478 e. The van der Waals surface area contributed by atoms with Crippen LogP contribution in [0, 0.1) is 0 Å². The third-order valence-corrected chi connectivity index (χ3v) is 5.15. The van der Waals surface area contributed by atoms with E-state index in [0.717, 1.165) is 43.6 Å². The van der Waals surface area contributed by atoms with E-state index in [1.54, 1.807) is 13.8 Å². The Morgan fingerprint density at radius 2 is 1.86 bits per heavy atom. The van der Waals surface area contributed by atoms with Crippen molar-refractivity contribution in [2.75, 3.05) is 25.9 Å². The molecule has 2 rings (SSSR count). The highest BCUT2D eigenvalue weighted by molar-refractivity contribution is 5.86. The highest BCUT2D eigenvalue weighted by Gasteiger charge is 2.21. The molecule has 0 atom stereocenters. The number of fused-ring (bicyclic) bond motifs is 1. The van der Waals surface area contributed by atoms with Gasteiger partial charge < -0.3 is 25.0 Å². The molecule has 0 saturated carbocycles. The quantitative estimate of drug-likeness (QED) is 0.587. The van der Waals surface area contributed by atoms with Crippen LogP contribution in [0.4, 0.5) is 5.82 Å². The first-order valence-electron chi connectivity index (χ1n) is 10.6. The summed E-state index contributed by atoms with van der Waals surface area (Å²) in [6, 6.07) is 1.90. The van der Waals surface area contributed by atoms with Crippen LogP contribution in [0.25, 0.3) is 11.0 Å². The minimum absolute atomic E-state index is 0.139. The lowest BCUT2D eigenvalue weighted by Crippen LogP contribution is -2.39. The summed E-state index contributed by atoms with van der Waals surface area (Å²) in [6.45, 7) is 14.3. The lowest BCUT2D eigenvalue weighted by molar-refractivity contribution is 0.0617.